The summed E-state index contributed by atoms with van der Waals surface area (Å²) < 4.78 is 0. The van der Waals surface area contributed by atoms with Gasteiger partial charge >= 0.3 is 5.97 Å². The number of hydrogen-bond donors (Lipinski definition) is 3. The van der Waals surface area contributed by atoms with Crippen LogP contribution in [0.15, 0.2) is 57.3 Å². The molecule has 1 fully saturated rings. The first-order valence-electron chi connectivity index (χ1n) is 8.46. The van der Waals surface area contributed by atoms with Crippen LogP contribution >= 0.6 is 35.3 Å². The molecule has 29 heavy (non-hydrogen) atoms. The number of aromatic nitrogens is 3. The number of carboxylic acid groups (broad SMARTS) is 1. The first-order valence-corrected chi connectivity index (χ1v) is 11.3. The van der Waals surface area contributed by atoms with Crippen molar-refractivity contribution in [2.45, 2.75) is 21.5 Å². The smallest absolute Gasteiger partial charge is 0.353 e. The zero-order valence-electron chi connectivity index (χ0n) is 14.8. The van der Waals surface area contributed by atoms with Crippen molar-refractivity contribution in [2.24, 2.45) is 0 Å². The summed E-state index contributed by atoms with van der Waals surface area (Å²) in [6.45, 7) is 0. The fourth-order valence-corrected chi connectivity index (χ4v) is 5.99. The number of aromatic amines is 1. The molecule has 150 valence electrons. The van der Waals surface area contributed by atoms with Gasteiger partial charge in [-0.25, -0.2) is 9.78 Å². The zero-order valence-corrected chi connectivity index (χ0v) is 17.2. The molecule has 0 unspecified atom stereocenters. The Morgan fingerprint density at radius 1 is 1.34 bits per heavy atom. The number of fused-ring (bicyclic) bond motifs is 1. The van der Waals surface area contributed by atoms with E-state index in [1.807, 2.05) is 30.3 Å². The van der Waals surface area contributed by atoms with E-state index >= 15 is 0 Å². The van der Waals surface area contributed by atoms with Gasteiger partial charge in [0, 0.05) is 15.6 Å². The highest BCUT2D eigenvalue weighted by atomic mass is 32.2. The maximum atomic E-state index is 12.6. The summed E-state index contributed by atoms with van der Waals surface area (Å²) in [5, 5.41) is 18.8. The standard InChI is InChI=1S/C17H15N5O4S3/c23-11(7-27-9-4-2-1-3-5-9)20-12-14(24)22-13(16(25)26)10(6-28-15(12)22)29-17-18-8-19-21-17/h1-5,8,12,15H,6-7H2,(H,20,23)(H,25,26)(H,18,19,21)/t12-,15-/m1/s1. The Labute approximate surface area is 178 Å². The lowest BCUT2D eigenvalue weighted by Crippen LogP contribution is -2.70. The lowest BCUT2D eigenvalue weighted by atomic mass is 10.1. The van der Waals surface area contributed by atoms with Crippen molar-refractivity contribution in [1.29, 1.82) is 0 Å². The van der Waals surface area contributed by atoms with Gasteiger partial charge in [0.25, 0.3) is 5.91 Å². The van der Waals surface area contributed by atoms with Crippen LogP contribution in [-0.2, 0) is 14.4 Å². The number of rotatable bonds is 7. The number of β-lactam (4-membered cyclic amide) rings is 1. The van der Waals surface area contributed by atoms with Gasteiger partial charge in [-0.1, -0.05) is 30.0 Å². The highest BCUT2D eigenvalue weighted by Gasteiger charge is 2.54. The Morgan fingerprint density at radius 2 is 2.14 bits per heavy atom. The predicted molar refractivity (Wildman–Crippen MR) is 109 cm³/mol. The molecule has 0 saturated carbocycles. The first-order chi connectivity index (χ1) is 14.0. The summed E-state index contributed by atoms with van der Waals surface area (Å²) in [7, 11) is 0. The maximum absolute atomic E-state index is 12.6. The van der Waals surface area contributed by atoms with Gasteiger partial charge in [-0.15, -0.1) is 23.5 Å². The molecule has 3 heterocycles. The molecule has 4 rings (SSSR count). The van der Waals surface area contributed by atoms with Crippen molar-refractivity contribution in [1.82, 2.24) is 25.4 Å². The molecule has 2 aromatic rings. The summed E-state index contributed by atoms with van der Waals surface area (Å²) in [5.41, 5.74) is -0.0655. The maximum Gasteiger partial charge on any atom is 0.353 e. The van der Waals surface area contributed by atoms with Crippen molar-refractivity contribution >= 4 is 53.1 Å². The third-order valence-corrected chi connectivity index (χ3v) is 7.63. The van der Waals surface area contributed by atoms with Crippen molar-refractivity contribution in [3.8, 4) is 0 Å². The number of hydrogen-bond acceptors (Lipinski definition) is 8. The first kappa shape index (κ1) is 19.9. The van der Waals surface area contributed by atoms with Crippen LogP contribution in [0.1, 0.15) is 0 Å². The summed E-state index contributed by atoms with van der Waals surface area (Å²) in [6.07, 6.45) is 1.33. The average molecular weight is 450 g/mol. The van der Waals surface area contributed by atoms with Gasteiger partial charge in [0.2, 0.25) is 5.91 Å². The highest BCUT2D eigenvalue weighted by molar-refractivity contribution is 8.06. The molecule has 1 saturated heterocycles. The van der Waals surface area contributed by atoms with E-state index in [1.54, 1.807) is 0 Å². The number of carboxylic acids is 1. The molecule has 9 nitrogen and oxygen atoms in total. The van der Waals surface area contributed by atoms with Crippen LogP contribution in [0.3, 0.4) is 0 Å². The molecule has 0 radical (unpaired) electrons. The third kappa shape index (κ3) is 4.14. The van der Waals surface area contributed by atoms with Crippen LogP contribution in [-0.4, -0.2) is 65.9 Å². The van der Waals surface area contributed by atoms with Crippen molar-refractivity contribution in [2.75, 3.05) is 11.5 Å². The Kier molecular flexibility index (Phi) is 5.83. The molecule has 0 bridgehead atoms. The van der Waals surface area contributed by atoms with Crippen LogP contribution in [0, 0.1) is 0 Å². The van der Waals surface area contributed by atoms with E-state index in [2.05, 4.69) is 20.5 Å². The van der Waals surface area contributed by atoms with E-state index in [0.29, 0.717) is 15.8 Å². The van der Waals surface area contributed by atoms with E-state index in [-0.39, 0.29) is 17.4 Å². The predicted octanol–water partition coefficient (Wildman–Crippen LogP) is 1.39. The molecule has 12 heteroatoms. The quantitative estimate of drug-likeness (QED) is 0.424. The van der Waals surface area contributed by atoms with E-state index in [1.165, 1.54) is 34.8 Å². The Hall–Kier alpha value is -2.44. The van der Waals surface area contributed by atoms with E-state index in [4.69, 9.17) is 0 Å². The SMILES string of the molecule is O=C(CSc1ccccc1)N[C@@H]1C(=O)N2C(C(=O)O)=C(Sc3ncn[nH]3)CS[C@H]12. The lowest BCUT2D eigenvalue weighted by Gasteiger charge is -2.49. The number of thioether (sulfide) groups is 3. The van der Waals surface area contributed by atoms with Gasteiger partial charge in [-0.3, -0.25) is 19.6 Å². The van der Waals surface area contributed by atoms with Crippen molar-refractivity contribution in [3.05, 3.63) is 47.3 Å². The number of aliphatic carboxylic acids is 1. The topological polar surface area (TPSA) is 128 Å². The second kappa shape index (κ2) is 8.51. The number of carbonyl (C=O) groups excluding carboxylic acids is 2. The fourth-order valence-electron chi connectivity index (χ4n) is 2.91. The Morgan fingerprint density at radius 3 is 2.83 bits per heavy atom. The van der Waals surface area contributed by atoms with Gasteiger partial charge in [-0.05, 0) is 12.1 Å². The third-order valence-electron chi connectivity index (χ3n) is 4.18. The van der Waals surface area contributed by atoms with Crippen LogP contribution in [0.2, 0.25) is 0 Å². The Bertz CT molecular complexity index is 967. The number of amides is 2. The summed E-state index contributed by atoms with van der Waals surface area (Å²) in [4.78, 5) is 43.4. The molecule has 0 spiro atoms. The van der Waals surface area contributed by atoms with Crippen LogP contribution in [0.5, 0.6) is 0 Å². The number of carbonyl (C=O) groups is 3. The molecular formula is C17H15N5O4S3. The second-order valence-electron chi connectivity index (χ2n) is 6.03. The number of nitrogens with zero attached hydrogens (tertiary/aromatic N) is 3. The molecule has 2 amide bonds. The largest absolute Gasteiger partial charge is 0.477 e. The van der Waals surface area contributed by atoms with E-state index < -0.39 is 23.3 Å². The molecule has 2 aliphatic rings. The molecule has 1 aromatic carbocycles. The number of H-pyrrole nitrogens is 1. The van der Waals surface area contributed by atoms with Gasteiger partial charge in [0.05, 0.1) is 5.75 Å². The minimum absolute atomic E-state index is 0.0655. The molecule has 2 atom stereocenters. The normalized spacial score (nSPS) is 20.8. The molecule has 3 N–H and O–H groups in total. The van der Waals surface area contributed by atoms with Crippen molar-refractivity contribution < 1.29 is 19.5 Å². The van der Waals surface area contributed by atoms with Crippen LogP contribution in [0.4, 0.5) is 0 Å². The van der Waals surface area contributed by atoms with Gasteiger partial charge in [0.15, 0.2) is 5.16 Å². The van der Waals surface area contributed by atoms with Crippen LogP contribution < -0.4 is 5.32 Å². The summed E-state index contributed by atoms with van der Waals surface area (Å²) in [5.74, 6) is -1.30. The van der Waals surface area contributed by atoms with Gasteiger partial charge < -0.3 is 10.4 Å². The molecule has 2 aliphatic heterocycles. The van der Waals surface area contributed by atoms with Crippen LogP contribution in [0.25, 0.3) is 0 Å². The summed E-state index contributed by atoms with van der Waals surface area (Å²) in [6, 6.07) is 8.76. The number of nitrogens with one attached hydrogen (secondary N) is 2. The molecule has 0 aliphatic carbocycles. The molecular weight excluding hydrogens is 434 g/mol. The molecule has 1 aromatic heterocycles. The number of benzene rings is 1. The summed E-state index contributed by atoms with van der Waals surface area (Å²) >= 11 is 3.92. The van der Waals surface area contributed by atoms with E-state index in [0.717, 1.165) is 16.7 Å². The van der Waals surface area contributed by atoms with E-state index in [9.17, 15) is 19.5 Å². The lowest BCUT2D eigenvalue weighted by molar-refractivity contribution is -0.150. The Balaban J connectivity index is 1.41. The monoisotopic (exact) mass is 449 g/mol. The fraction of sp³-hybridized carbons (Fsp3) is 0.235. The van der Waals surface area contributed by atoms with Gasteiger partial charge in [0.1, 0.15) is 23.4 Å². The highest BCUT2D eigenvalue weighted by Crippen LogP contribution is 2.44. The second-order valence-corrected chi connectivity index (χ2v) is 9.26. The minimum Gasteiger partial charge on any atom is -0.477 e. The average Bonchev–Trinajstić information content (AvgIpc) is 3.23. The minimum atomic E-state index is -1.19. The van der Waals surface area contributed by atoms with Crippen molar-refractivity contribution in [3.63, 3.8) is 0 Å². The van der Waals surface area contributed by atoms with Gasteiger partial charge in [-0.2, -0.15) is 5.10 Å². The zero-order chi connectivity index (χ0) is 20.4.